The first-order chi connectivity index (χ1) is 7.76. The van der Waals surface area contributed by atoms with Gasteiger partial charge in [-0.2, -0.15) is 0 Å². The van der Waals surface area contributed by atoms with E-state index in [-0.39, 0.29) is 29.6 Å². The van der Waals surface area contributed by atoms with E-state index in [1.54, 1.807) is 0 Å². The number of methoxy groups -OCH3 is 1. The topological polar surface area (TPSA) is 146 Å². The summed E-state index contributed by atoms with van der Waals surface area (Å²) in [6.45, 7) is -0.781. The van der Waals surface area contributed by atoms with Crippen LogP contribution in [0.15, 0.2) is 0 Å². The molecule has 0 amide bonds. The molecule has 11 heteroatoms. The number of hydrogen-bond donors (Lipinski definition) is 3. The maximum Gasteiger partial charge on any atom is 1.00 e. The van der Waals surface area contributed by atoms with Crippen molar-refractivity contribution in [1.82, 2.24) is 0 Å². The molecule has 0 spiro atoms. The molecular weight excluding hydrogens is 283 g/mol. The van der Waals surface area contributed by atoms with Gasteiger partial charge in [-0.3, -0.25) is 4.18 Å². The molecule has 5 atom stereocenters. The van der Waals surface area contributed by atoms with Gasteiger partial charge in [0.1, 0.15) is 24.4 Å². The van der Waals surface area contributed by atoms with Crippen LogP contribution in [0.1, 0.15) is 0 Å². The molecule has 1 aliphatic rings. The molecule has 0 aromatic heterocycles. The van der Waals surface area contributed by atoms with Crippen LogP contribution in [0, 0.1) is 0 Å². The van der Waals surface area contributed by atoms with E-state index < -0.39 is 47.7 Å². The van der Waals surface area contributed by atoms with E-state index in [1.807, 2.05) is 0 Å². The second kappa shape index (κ2) is 7.45. The fourth-order valence-corrected chi connectivity index (χ4v) is 1.70. The SMILES string of the molecule is CO[C@H]1O[C@H](COS(=O)(=O)[O-])[C@@H](O)[C@H](O)[C@@H]1O.[Na+]. The molecule has 1 saturated heterocycles. The summed E-state index contributed by atoms with van der Waals surface area (Å²) < 4.78 is 44.1. The molecule has 0 bridgehead atoms. The van der Waals surface area contributed by atoms with E-state index in [1.165, 1.54) is 7.11 Å². The largest absolute Gasteiger partial charge is 1.00 e. The van der Waals surface area contributed by atoms with Gasteiger partial charge in [-0.1, -0.05) is 0 Å². The molecule has 0 aromatic carbocycles. The van der Waals surface area contributed by atoms with Crippen molar-refractivity contribution in [3.8, 4) is 0 Å². The summed E-state index contributed by atoms with van der Waals surface area (Å²) in [7, 11) is -3.75. The monoisotopic (exact) mass is 296 g/mol. The van der Waals surface area contributed by atoms with Gasteiger partial charge in [-0.25, -0.2) is 8.42 Å². The molecule has 0 saturated carbocycles. The Labute approximate surface area is 126 Å². The number of rotatable bonds is 4. The molecule has 0 unspecified atom stereocenters. The van der Waals surface area contributed by atoms with Crippen molar-refractivity contribution >= 4 is 10.4 Å². The molecule has 18 heavy (non-hydrogen) atoms. The van der Waals surface area contributed by atoms with Gasteiger partial charge in [-0.05, 0) is 0 Å². The minimum atomic E-state index is -4.93. The van der Waals surface area contributed by atoms with Crippen LogP contribution in [-0.4, -0.2) is 72.7 Å². The average molecular weight is 296 g/mol. The fourth-order valence-electron chi connectivity index (χ4n) is 1.40. The Morgan fingerprint density at radius 1 is 1.22 bits per heavy atom. The van der Waals surface area contributed by atoms with Crippen molar-refractivity contribution < 1.29 is 71.5 Å². The Kier molecular flexibility index (Phi) is 7.73. The summed E-state index contributed by atoms with van der Waals surface area (Å²) in [5, 5.41) is 28.2. The number of ether oxygens (including phenoxy) is 2. The Balaban J connectivity index is 0.00000289. The second-order valence-electron chi connectivity index (χ2n) is 3.44. The summed E-state index contributed by atoms with van der Waals surface area (Å²) in [5.74, 6) is 0. The van der Waals surface area contributed by atoms with Gasteiger partial charge in [0.2, 0.25) is 10.4 Å². The number of aliphatic hydroxyl groups excluding tert-OH is 3. The van der Waals surface area contributed by atoms with E-state index in [9.17, 15) is 28.3 Å². The average Bonchev–Trinajstić information content (AvgIpc) is 2.24. The predicted molar refractivity (Wildman–Crippen MR) is 49.3 cm³/mol. The van der Waals surface area contributed by atoms with Gasteiger partial charge < -0.3 is 29.3 Å². The summed E-state index contributed by atoms with van der Waals surface area (Å²) >= 11 is 0. The Morgan fingerprint density at radius 2 is 1.78 bits per heavy atom. The van der Waals surface area contributed by atoms with Crippen molar-refractivity contribution in [2.24, 2.45) is 0 Å². The Morgan fingerprint density at radius 3 is 2.22 bits per heavy atom. The summed E-state index contributed by atoms with van der Waals surface area (Å²) in [6, 6.07) is 0. The van der Waals surface area contributed by atoms with Crippen molar-refractivity contribution in [2.75, 3.05) is 13.7 Å². The Hall–Kier alpha value is 0.670. The van der Waals surface area contributed by atoms with Gasteiger partial charge in [0, 0.05) is 7.11 Å². The predicted octanol–water partition coefficient (Wildman–Crippen LogP) is -6.08. The molecule has 0 aromatic rings. The minimum Gasteiger partial charge on any atom is -0.726 e. The molecule has 1 rings (SSSR count). The summed E-state index contributed by atoms with van der Waals surface area (Å²) in [4.78, 5) is 0. The smallest absolute Gasteiger partial charge is 0.726 e. The first kappa shape index (κ1) is 18.7. The van der Waals surface area contributed by atoms with E-state index in [0.717, 1.165) is 0 Å². The zero-order valence-electron chi connectivity index (χ0n) is 9.79. The standard InChI is InChI=1S/C7H14O9S.Na/c1-14-7-6(10)5(9)4(8)3(16-7)2-15-17(11,12)13;/h3-10H,2H2,1H3,(H,11,12,13);/q;+1/p-1/t3-,4-,5+,6+,7+;/m1./s1. The quantitative estimate of drug-likeness (QED) is 0.262. The van der Waals surface area contributed by atoms with Crippen molar-refractivity contribution in [2.45, 2.75) is 30.7 Å². The first-order valence-corrected chi connectivity index (χ1v) is 5.92. The van der Waals surface area contributed by atoms with E-state index in [0.29, 0.717) is 0 Å². The second-order valence-corrected chi connectivity index (χ2v) is 4.50. The molecular formula is C7H13NaO9S. The maximum atomic E-state index is 10.2. The van der Waals surface area contributed by atoms with E-state index in [4.69, 9.17) is 4.74 Å². The van der Waals surface area contributed by atoms with E-state index in [2.05, 4.69) is 8.92 Å². The minimum absolute atomic E-state index is 0. The van der Waals surface area contributed by atoms with Gasteiger partial charge in [0.15, 0.2) is 6.29 Å². The van der Waals surface area contributed by atoms with Gasteiger partial charge in [0.05, 0.1) is 6.61 Å². The van der Waals surface area contributed by atoms with Crippen LogP contribution in [-0.2, 0) is 24.1 Å². The van der Waals surface area contributed by atoms with Gasteiger partial charge >= 0.3 is 29.6 Å². The van der Waals surface area contributed by atoms with Crippen LogP contribution in [0.25, 0.3) is 0 Å². The molecule has 1 fully saturated rings. The van der Waals surface area contributed by atoms with Gasteiger partial charge in [0.25, 0.3) is 0 Å². The Bertz CT molecular complexity index is 345. The van der Waals surface area contributed by atoms with Crippen LogP contribution in [0.3, 0.4) is 0 Å². The zero-order valence-corrected chi connectivity index (χ0v) is 12.6. The summed E-state index contributed by atoms with van der Waals surface area (Å²) in [5.41, 5.74) is 0. The van der Waals surface area contributed by atoms with Crippen molar-refractivity contribution in [3.63, 3.8) is 0 Å². The first-order valence-electron chi connectivity index (χ1n) is 4.59. The van der Waals surface area contributed by atoms with E-state index >= 15 is 0 Å². The molecule has 0 radical (unpaired) electrons. The number of aliphatic hydroxyl groups is 3. The van der Waals surface area contributed by atoms with Crippen LogP contribution < -0.4 is 29.6 Å². The normalized spacial score (nSPS) is 37.1. The molecule has 1 heterocycles. The molecule has 0 aliphatic carbocycles. The zero-order chi connectivity index (χ0) is 13.2. The van der Waals surface area contributed by atoms with Gasteiger partial charge in [-0.15, -0.1) is 0 Å². The van der Waals surface area contributed by atoms with Crippen LogP contribution >= 0.6 is 0 Å². The molecule has 3 N–H and O–H groups in total. The van der Waals surface area contributed by atoms with Crippen LogP contribution in [0.4, 0.5) is 0 Å². The fraction of sp³-hybridized carbons (Fsp3) is 1.00. The number of hydrogen-bond acceptors (Lipinski definition) is 9. The third-order valence-electron chi connectivity index (χ3n) is 2.28. The van der Waals surface area contributed by atoms with Crippen LogP contribution in [0.5, 0.6) is 0 Å². The third kappa shape index (κ3) is 4.98. The van der Waals surface area contributed by atoms with Crippen molar-refractivity contribution in [1.29, 1.82) is 0 Å². The molecule has 1 aliphatic heterocycles. The van der Waals surface area contributed by atoms with Crippen LogP contribution in [0.2, 0.25) is 0 Å². The van der Waals surface area contributed by atoms with Crippen molar-refractivity contribution in [3.05, 3.63) is 0 Å². The third-order valence-corrected chi connectivity index (χ3v) is 2.70. The molecule has 102 valence electrons. The molecule has 9 nitrogen and oxygen atoms in total. The summed E-state index contributed by atoms with van der Waals surface area (Å²) in [6.07, 6.45) is -7.25. The maximum absolute atomic E-state index is 10.2.